The molecule has 0 spiro atoms. The lowest BCUT2D eigenvalue weighted by atomic mass is 10.2. The summed E-state index contributed by atoms with van der Waals surface area (Å²) in [4.78, 5) is 14.4. The van der Waals surface area contributed by atoms with Crippen molar-refractivity contribution in [1.29, 1.82) is 0 Å². The van der Waals surface area contributed by atoms with E-state index in [0.717, 1.165) is 6.54 Å². The second-order valence-electron chi connectivity index (χ2n) is 5.87. The Kier molecular flexibility index (Phi) is 7.68. The first-order valence-corrected chi connectivity index (χ1v) is 7.91. The number of carbonyl (C=O) groups is 1. The molecule has 2 amide bonds. The fourth-order valence-corrected chi connectivity index (χ4v) is 2.49. The van der Waals surface area contributed by atoms with E-state index in [1.165, 1.54) is 0 Å². The van der Waals surface area contributed by atoms with Crippen molar-refractivity contribution in [3.05, 3.63) is 18.2 Å². The summed E-state index contributed by atoms with van der Waals surface area (Å²) in [5.41, 5.74) is 0.578. The van der Waals surface area contributed by atoms with Crippen LogP contribution in [-0.4, -0.2) is 50.3 Å². The molecule has 6 nitrogen and oxygen atoms in total. The topological polar surface area (TPSA) is 62.8 Å². The summed E-state index contributed by atoms with van der Waals surface area (Å²) < 4.78 is 10.4. The van der Waals surface area contributed by atoms with Crippen LogP contribution in [-0.2, 0) is 0 Å². The van der Waals surface area contributed by atoms with Crippen LogP contribution in [0.3, 0.4) is 0 Å². The number of ether oxygens (including phenoxy) is 2. The molecule has 0 atom stereocenters. The fourth-order valence-electron chi connectivity index (χ4n) is 2.49. The predicted molar refractivity (Wildman–Crippen MR) is 93.5 cm³/mol. The lowest BCUT2D eigenvalue weighted by molar-refractivity contribution is 0.176. The highest BCUT2D eigenvalue weighted by molar-refractivity contribution is 5.91. The van der Waals surface area contributed by atoms with E-state index in [0.29, 0.717) is 35.8 Å². The fraction of sp³-hybridized carbons (Fsp3) is 0.588. The Morgan fingerprint density at radius 1 is 1.13 bits per heavy atom. The van der Waals surface area contributed by atoms with Gasteiger partial charge in [-0.3, -0.25) is 4.90 Å². The molecule has 0 unspecified atom stereocenters. The molecule has 0 bridgehead atoms. The zero-order valence-corrected chi connectivity index (χ0v) is 15.0. The van der Waals surface area contributed by atoms with E-state index >= 15 is 0 Å². The second-order valence-corrected chi connectivity index (χ2v) is 5.87. The maximum atomic E-state index is 12.1. The minimum absolute atomic E-state index is 0.260. The molecule has 1 aromatic carbocycles. The zero-order chi connectivity index (χ0) is 17.4. The first-order valence-electron chi connectivity index (χ1n) is 7.91. The Morgan fingerprint density at radius 2 is 1.78 bits per heavy atom. The van der Waals surface area contributed by atoms with E-state index in [4.69, 9.17) is 9.47 Å². The van der Waals surface area contributed by atoms with Crippen molar-refractivity contribution in [3.63, 3.8) is 0 Å². The third-order valence-corrected chi connectivity index (χ3v) is 3.64. The minimum Gasteiger partial charge on any atom is -0.497 e. The molecule has 0 aliphatic carbocycles. The van der Waals surface area contributed by atoms with Gasteiger partial charge in [0.1, 0.15) is 11.5 Å². The van der Waals surface area contributed by atoms with Crippen molar-refractivity contribution in [3.8, 4) is 11.5 Å². The second kappa shape index (κ2) is 9.25. The van der Waals surface area contributed by atoms with E-state index < -0.39 is 0 Å². The molecule has 1 rings (SSSR count). The standard InChI is InChI=1S/C17H29N3O3/c1-12(2)20(13(3)4)10-9-18-17(21)19-15-11-14(22-5)7-8-16(15)23-6/h7-8,11-13H,9-10H2,1-6H3,(H2,18,19,21). The SMILES string of the molecule is COc1ccc(OC)c(NC(=O)NCCN(C(C)C)C(C)C)c1. The van der Waals surface area contributed by atoms with Gasteiger partial charge in [0, 0.05) is 31.2 Å². The molecule has 2 N–H and O–H groups in total. The van der Waals surface area contributed by atoms with E-state index in [1.807, 2.05) is 0 Å². The van der Waals surface area contributed by atoms with Crippen molar-refractivity contribution in [2.45, 2.75) is 39.8 Å². The normalized spacial score (nSPS) is 11.0. The molecule has 0 heterocycles. The van der Waals surface area contributed by atoms with Gasteiger partial charge in [0.05, 0.1) is 19.9 Å². The summed E-state index contributed by atoms with van der Waals surface area (Å²) in [5.74, 6) is 1.25. The molecule has 0 fully saturated rings. The van der Waals surface area contributed by atoms with Crippen LogP contribution in [0.25, 0.3) is 0 Å². The van der Waals surface area contributed by atoms with Crippen molar-refractivity contribution in [2.24, 2.45) is 0 Å². The highest BCUT2D eigenvalue weighted by atomic mass is 16.5. The van der Waals surface area contributed by atoms with Crippen LogP contribution in [0, 0.1) is 0 Å². The van der Waals surface area contributed by atoms with Gasteiger partial charge in [-0.15, -0.1) is 0 Å². The van der Waals surface area contributed by atoms with E-state index in [1.54, 1.807) is 32.4 Å². The van der Waals surface area contributed by atoms with Crippen LogP contribution in [0.15, 0.2) is 18.2 Å². The molecular formula is C17H29N3O3. The van der Waals surface area contributed by atoms with E-state index in [2.05, 4.69) is 43.2 Å². The van der Waals surface area contributed by atoms with Crippen molar-refractivity contribution in [1.82, 2.24) is 10.2 Å². The van der Waals surface area contributed by atoms with Crippen LogP contribution in [0.2, 0.25) is 0 Å². The summed E-state index contributed by atoms with van der Waals surface area (Å²) >= 11 is 0. The lowest BCUT2D eigenvalue weighted by Gasteiger charge is -2.30. The zero-order valence-electron chi connectivity index (χ0n) is 15.0. The Balaban J connectivity index is 2.57. The summed E-state index contributed by atoms with van der Waals surface area (Å²) in [5, 5.41) is 5.67. The molecule has 0 aromatic heterocycles. The van der Waals surface area contributed by atoms with Crippen molar-refractivity contribution in [2.75, 3.05) is 32.6 Å². The maximum Gasteiger partial charge on any atom is 0.319 e. The Bertz CT molecular complexity index is 496. The molecule has 0 saturated carbocycles. The van der Waals surface area contributed by atoms with Gasteiger partial charge < -0.3 is 20.1 Å². The van der Waals surface area contributed by atoms with Gasteiger partial charge in [-0.25, -0.2) is 4.79 Å². The van der Waals surface area contributed by atoms with Crippen LogP contribution >= 0.6 is 0 Å². The number of rotatable bonds is 8. The highest BCUT2D eigenvalue weighted by Gasteiger charge is 2.13. The molecule has 23 heavy (non-hydrogen) atoms. The monoisotopic (exact) mass is 323 g/mol. The van der Waals surface area contributed by atoms with Gasteiger partial charge in [0.2, 0.25) is 0 Å². The Morgan fingerprint density at radius 3 is 2.30 bits per heavy atom. The van der Waals surface area contributed by atoms with Gasteiger partial charge >= 0.3 is 6.03 Å². The first-order chi connectivity index (χ1) is 10.9. The Hall–Kier alpha value is -1.95. The van der Waals surface area contributed by atoms with Crippen LogP contribution in [0.1, 0.15) is 27.7 Å². The molecule has 0 aliphatic rings. The largest absolute Gasteiger partial charge is 0.497 e. The van der Waals surface area contributed by atoms with Crippen molar-refractivity contribution < 1.29 is 14.3 Å². The molecule has 0 saturated heterocycles. The maximum absolute atomic E-state index is 12.1. The van der Waals surface area contributed by atoms with Gasteiger partial charge in [-0.1, -0.05) is 0 Å². The quantitative estimate of drug-likeness (QED) is 0.772. The third-order valence-electron chi connectivity index (χ3n) is 3.64. The number of benzene rings is 1. The van der Waals surface area contributed by atoms with Crippen LogP contribution in [0.5, 0.6) is 11.5 Å². The lowest BCUT2D eigenvalue weighted by Crippen LogP contribution is -2.43. The third kappa shape index (κ3) is 5.98. The number of hydrogen-bond donors (Lipinski definition) is 2. The average molecular weight is 323 g/mol. The predicted octanol–water partition coefficient (Wildman–Crippen LogP) is 2.94. The number of nitrogens with one attached hydrogen (secondary N) is 2. The minimum atomic E-state index is -0.260. The molecule has 0 aliphatic heterocycles. The van der Waals surface area contributed by atoms with Gasteiger partial charge in [0.25, 0.3) is 0 Å². The first kappa shape index (κ1) is 19.1. The van der Waals surface area contributed by atoms with E-state index in [-0.39, 0.29) is 6.03 Å². The highest BCUT2D eigenvalue weighted by Crippen LogP contribution is 2.28. The van der Waals surface area contributed by atoms with Gasteiger partial charge in [-0.05, 0) is 39.8 Å². The molecule has 0 radical (unpaired) electrons. The molecule has 1 aromatic rings. The van der Waals surface area contributed by atoms with Crippen LogP contribution in [0.4, 0.5) is 10.5 Å². The van der Waals surface area contributed by atoms with Gasteiger partial charge in [0.15, 0.2) is 0 Å². The molecule has 6 heteroatoms. The number of urea groups is 1. The number of methoxy groups -OCH3 is 2. The van der Waals surface area contributed by atoms with Gasteiger partial charge in [-0.2, -0.15) is 0 Å². The smallest absolute Gasteiger partial charge is 0.319 e. The summed E-state index contributed by atoms with van der Waals surface area (Å²) in [6.45, 7) is 10.00. The molecule has 130 valence electrons. The number of nitrogens with zero attached hydrogens (tertiary/aromatic N) is 1. The number of anilines is 1. The van der Waals surface area contributed by atoms with E-state index in [9.17, 15) is 4.79 Å². The number of carbonyl (C=O) groups excluding carboxylic acids is 1. The van der Waals surface area contributed by atoms with Crippen LogP contribution < -0.4 is 20.1 Å². The number of amides is 2. The Labute approximate surface area is 139 Å². The summed E-state index contributed by atoms with van der Waals surface area (Å²) in [7, 11) is 3.14. The summed E-state index contributed by atoms with van der Waals surface area (Å²) in [6.07, 6.45) is 0. The molecular weight excluding hydrogens is 294 g/mol. The van der Waals surface area contributed by atoms with Crippen molar-refractivity contribution >= 4 is 11.7 Å². The average Bonchev–Trinajstić information content (AvgIpc) is 2.50. The number of hydrogen-bond acceptors (Lipinski definition) is 4. The summed E-state index contributed by atoms with van der Waals surface area (Å²) in [6, 6.07) is 5.90.